The molecule has 0 saturated heterocycles. The smallest absolute Gasteiger partial charge is 0.220 e. The minimum absolute atomic E-state index is 0.0175. The van der Waals surface area contributed by atoms with Gasteiger partial charge < -0.3 is 19.8 Å². The van der Waals surface area contributed by atoms with Gasteiger partial charge in [0.25, 0.3) is 0 Å². The lowest BCUT2D eigenvalue weighted by atomic mass is 9.89. The summed E-state index contributed by atoms with van der Waals surface area (Å²) in [5, 5.41) is 8.43. The van der Waals surface area contributed by atoms with Gasteiger partial charge in [-0.25, -0.2) is 0 Å². The van der Waals surface area contributed by atoms with Gasteiger partial charge in [-0.3, -0.25) is 9.48 Å². The van der Waals surface area contributed by atoms with Crippen LogP contribution >= 0.6 is 0 Å². The quantitative estimate of drug-likeness (QED) is 0.395. The Hall–Kier alpha value is -3.74. The number of hydrogen-bond acceptors (Lipinski definition) is 4. The van der Waals surface area contributed by atoms with E-state index in [-0.39, 0.29) is 11.8 Å². The summed E-state index contributed by atoms with van der Waals surface area (Å²) in [6, 6.07) is 15.9. The Morgan fingerprint density at radius 2 is 1.97 bits per heavy atom. The summed E-state index contributed by atoms with van der Waals surface area (Å²) >= 11 is 0. The second-order valence-electron chi connectivity index (χ2n) is 7.60. The number of nitrogens with one attached hydrogen (secondary N) is 2. The van der Waals surface area contributed by atoms with Crippen molar-refractivity contribution in [2.45, 2.75) is 25.3 Å². The highest BCUT2D eigenvalue weighted by atomic mass is 16.5. The monoisotopic (exact) mass is 432 g/mol. The summed E-state index contributed by atoms with van der Waals surface area (Å²) in [4.78, 5) is 16.0. The molecule has 4 aromatic rings. The van der Waals surface area contributed by atoms with Gasteiger partial charge in [0.2, 0.25) is 5.91 Å². The van der Waals surface area contributed by atoms with Gasteiger partial charge in [0.1, 0.15) is 0 Å². The molecule has 0 aliphatic heterocycles. The molecular weight excluding hydrogens is 404 g/mol. The summed E-state index contributed by atoms with van der Waals surface area (Å²) in [6.45, 7) is 1.17. The van der Waals surface area contributed by atoms with Crippen LogP contribution < -0.4 is 14.8 Å². The summed E-state index contributed by atoms with van der Waals surface area (Å²) in [7, 11) is 3.27. The molecule has 7 heteroatoms. The highest BCUT2D eigenvalue weighted by Gasteiger charge is 2.24. The third kappa shape index (κ3) is 4.61. The Bertz CT molecular complexity index is 1170. The van der Waals surface area contributed by atoms with Gasteiger partial charge in [0.15, 0.2) is 11.5 Å². The minimum atomic E-state index is -0.105. The number of nitrogens with zero attached hydrogens (tertiary/aromatic N) is 2. The average molecular weight is 433 g/mol. The summed E-state index contributed by atoms with van der Waals surface area (Å²) in [5.41, 5.74) is 3.12. The molecule has 2 N–H and O–H groups in total. The highest BCUT2D eigenvalue weighted by molar-refractivity contribution is 5.84. The van der Waals surface area contributed by atoms with Crippen molar-refractivity contribution in [3.63, 3.8) is 0 Å². The van der Waals surface area contributed by atoms with Crippen LogP contribution in [0.5, 0.6) is 11.5 Å². The number of aromatic nitrogens is 3. The number of para-hydroxylation sites is 2. The highest BCUT2D eigenvalue weighted by Crippen LogP contribution is 2.40. The first kappa shape index (κ1) is 21.5. The predicted octanol–water partition coefficient (Wildman–Crippen LogP) is 4.11. The Kier molecular flexibility index (Phi) is 6.75. The summed E-state index contributed by atoms with van der Waals surface area (Å²) in [5.74, 6) is 1.26. The van der Waals surface area contributed by atoms with Crippen molar-refractivity contribution in [2.75, 3.05) is 20.8 Å². The average Bonchev–Trinajstić information content (AvgIpc) is 3.49. The van der Waals surface area contributed by atoms with Crippen LogP contribution in [0.1, 0.15) is 29.9 Å². The van der Waals surface area contributed by atoms with Gasteiger partial charge >= 0.3 is 0 Å². The number of carbonyl (C=O) groups excluding carboxylic acids is 1. The first-order chi connectivity index (χ1) is 15.7. The topological polar surface area (TPSA) is 81.2 Å². The van der Waals surface area contributed by atoms with Crippen LogP contribution in [0.3, 0.4) is 0 Å². The van der Waals surface area contributed by atoms with Crippen LogP contribution in [0.4, 0.5) is 0 Å². The standard InChI is InChI=1S/C25H28N4O3/c1-31-23-11-5-9-19(25(23)32-2)21(20-16-26-22-10-4-3-8-18(20)22)17-27-24(30)12-6-14-29-15-7-13-28-29/h3-5,7-11,13,15-16,21,26H,6,12,14,17H2,1-2H3,(H,27,30). The summed E-state index contributed by atoms with van der Waals surface area (Å²) < 4.78 is 13.1. The number of ether oxygens (including phenoxy) is 2. The number of hydrogen-bond donors (Lipinski definition) is 2. The second-order valence-corrected chi connectivity index (χ2v) is 7.60. The molecule has 0 aliphatic rings. The molecule has 1 amide bonds. The number of benzene rings is 2. The fourth-order valence-corrected chi connectivity index (χ4v) is 4.09. The molecule has 2 aromatic carbocycles. The van der Waals surface area contributed by atoms with Crippen molar-refractivity contribution >= 4 is 16.8 Å². The lowest BCUT2D eigenvalue weighted by molar-refractivity contribution is -0.121. The number of amides is 1. The number of carbonyl (C=O) groups is 1. The molecule has 0 radical (unpaired) electrons. The van der Waals surface area contributed by atoms with Gasteiger partial charge in [0.05, 0.1) is 14.2 Å². The molecule has 0 saturated carbocycles. The normalized spacial score (nSPS) is 11.9. The van der Waals surface area contributed by atoms with E-state index in [1.807, 2.05) is 59.5 Å². The van der Waals surface area contributed by atoms with E-state index < -0.39 is 0 Å². The minimum Gasteiger partial charge on any atom is -0.493 e. The van der Waals surface area contributed by atoms with E-state index in [1.54, 1.807) is 20.4 Å². The maximum absolute atomic E-state index is 12.6. The third-order valence-corrected chi connectivity index (χ3v) is 5.66. The van der Waals surface area contributed by atoms with Crippen molar-refractivity contribution in [1.82, 2.24) is 20.1 Å². The first-order valence-electron chi connectivity index (χ1n) is 10.7. The zero-order valence-electron chi connectivity index (χ0n) is 18.4. The molecule has 32 heavy (non-hydrogen) atoms. The van der Waals surface area contributed by atoms with Crippen molar-refractivity contribution in [1.29, 1.82) is 0 Å². The van der Waals surface area contributed by atoms with Crippen LogP contribution in [0.15, 0.2) is 67.1 Å². The zero-order valence-corrected chi connectivity index (χ0v) is 18.4. The van der Waals surface area contributed by atoms with Crippen LogP contribution in [-0.4, -0.2) is 41.4 Å². The fourth-order valence-electron chi connectivity index (χ4n) is 4.09. The van der Waals surface area contributed by atoms with E-state index in [1.165, 1.54) is 0 Å². The molecule has 0 bridgehead atoms. The van der Waals surface area contributed by atoms with Crippen molar-refractivity contribution < 1.29 is 14.3 Å². The Balaban J connectivity index is 1.57. The van der Waals surface area contributed by atoms with E-state index in [0.717, 1.165) is 35.0 Å². The molecule has 0 fully saturated rings. The molecule has 4 rings (SSSR count). The first-order valence-corrected chi connectivity index (χ1v) is 10.7. The van der Waals surface area contributed by atoms with Crippen LogP contribution in [0.2, 0.25) is 0 Å². The van der Waals surface area contributed by atoms with Crippen LogP contribution in [0, 0.1) is 0 Å². The van der Waals surface area contributed by atoms with E-state index in [0.29, 0.717) is 24.5 Å². The number of aromatic amines is 1. The van der Waals surface area contributed by atoms with Crippen LogP contribution in [-0.2, 0) is 11.3 Å². The maximum atomic E-state index is 12.6. The number of methoxy groups -OCH3 is 2. The molecular formula is C25H28N4O3. The van der Waals surface area contributed by atoms with Gasteiger partial charge in [-0.2, -0.15) is 5.10 Å². The number of H-pyrrole nitrogens is 1. The summed E-state index contributed by atoms with van der Waals surface area (Å²) in [6.07, 6.45) is 6.83. The number of aryl methyl sites for hydroxylation is 1. The molecule has 1 unspecified atom stereocenters. The zero-order chi connectivity index (χ0) is 22.3. The Morgan fingerprint density at radius 1 is 1.09 bits per heavy atom. The number of fused-ring (bicyclic) bond motifs is 1. The van der Waals surface area contributed by atoms with Gasteiger partial charge in [-0.15, -0.1) is 0 Å². The molecule has 166 valence electrons. The molecule has 7 nitrogen and oxygen atoms in total. The van der Waals surface area contributed by atoms with Crippen molar-refractivity contribution in [2.24, 2.45) is 0 Å². The van der Waals surface area contributed by atoms with E-state index in [9.17, 15) is 4.79 Å². The van der Waals surface area contributed by atoms with Gasteiger partial charge in [0, 0.05) is 60.5 Å². The maximum Gasteiger partial charge on any atom is 0.220 e. The lowest BCUT2D eigenvalue weighted by Crippen LogP contribution is -2.29. The molecule has 2 aromatic heterocycles. The van der Waals surface area contributed by atoms with Crippen LogP contribution in [0.25, 0.3) is 10.9 Å². The predicted molar refractivity (Wildman–Crippen MR) is 124 cm³/mol. The largest absolute Gasteiger partial charge is 0.493 e. The third-order valence-electron chi connectivity index (χ3n) is 5.66. The Morgan fingerprint density at radius 3 is 2.75 bits per heavy atom. The second kappa shape index (κ2) is 10.0. The molecule has 1 atom stereocenters. The SMILES string of the molecule is COc1cccc(C(CNC(=O)CCCn2cccn2)c2c[nH]c3ccccc23)c1OC. The van der Waals surface area contributed by atoms with Crippen molar-refractivity contribution in [3.05, 3.63) is 78.2 Å². The van der Waals surface area contributed by atoms with E-state index in [2.05, 4.69) is 21.5 Å². The Labute approximate surface area is 187 Å². The van der Waals surface area contributed by atoms with Gasteiger partial charge in [-0.05, 0) is 30.2 Å². The van der Waals surface area contributed by atoms with E-state index in [4.69, 9.17) is 9.47 Å². The fraction of sp³-hybridized carbons (Fsp3) is 0.280. The molecule has 2 heterocycles. The van der Waals surface area contributed by atoms with E-state index >= 15 is 0 Å². The molecule has 0 aliphatic carbocycles. The lowest BCUT2D eigenvalue weighted by Gasteiger charge is -2.22. The van der Waals surface area contributed by atoms with Crippen molar-refractivity contribution in [3.8, 4) is 11.5 Å². The number of rotatable bonds is 10. The van der Waals surface area contributed by atoms with Gasteiger partial charge in [-0.1, -0.05) is 30.3 Å². The molecule has 0 spiro atoms.